The maximum Gasteiger partial charge on any atom is 0.265 e. The number of aromatic nitrogens is 2. The van der Waals surface area contributed by atoms with Crippen molar-refractivity contribution in [2.75, 3.05) is 0 Å². The number of H-pyrrole nitrogens is 1. The third kappa shape index (κ3) is 2.17. The Labute approximate surface area is 100 Å². The molecule has 1 aromatic heterocycles. The minimum Gasteiger partial charge on any atom is -0.268 e. The largest absolute Gasteiger partial charge is 0.268 e. The predicted molar refractivity (Wildman–Crippen MR) is 60.0 cm³/mol. The fourth-order valence-corrected chi connectivity index (χ4v) is 1.53. The number of benzene rings is 1. The van der Waals surface area contributed by atoms with Gasteiger partial charge in [-0.1, -0.05) is 11.6 Å². The van der Waals surface area contributed by atoms with Crippen LogP contribution in [0.15, 0.2) is 29.1 Å². The molecule has 1 heterocycles. The first-order chi connectivity index (χ1) is 8.11. The van der Waals surface area contributed by atoms with Crippen molar-refractivity contribution < 1.29 is 4.39 Å². The van der Waals surface area contributed by atoms with Gasteiger partial charge >= 0.3 is 0 Å². The Bertz CT molecular complexity index is 675. The summed E-state index contributed by atoms with van der Waals surface area (Å²) in [6, 6.07) is 6.93. The number of halogens is 2. The molecule has 6 heteroatoms. The standard InChI is InChI=1S/C11H5ClFN3O/c12-8-3-6(1-2-9(8)13)11-7(5-14)4-10(17)15-16-11/h1-4H,(H,15,17). The van der Waals surface area contributed by atoms with Crippen LogP contribution in [0.5, 0.6) is 0 Å². The lowest BCUT2D eigenvalue weighted by molar-refractivity contribution is 0.628. The van der Waals surface area contributed by atoms with Crippen LogP contribution in [0.25, 0.3) is 11.3 Å². The highest BCUT2D eigenvalue weighted by molar-refractivity contribution is 6.31. The average molecular weight is 250 g/mol. The highest BCUT2D eigenvalue weighted by atomic mass is 35.5. The van der Waals surface area contributed by atoms with Gasteiger partial charge in [0.2, 0.25) is 0 Å². The van der Waals surface area contributed by atoms with E-state index in [9.17, 15) is 9.18 Å². The van der Waals surface area contributed by atoms with Crippen molar-refractivity contribution in [1.82, 2.24) is 10.2 Å². The quantitative estimate of drug-likeness (QED) is 0.841. The van der Waals surface area contributed by atoms with Crippen LogP contribution in [-0.4, -0.2) is 10.2 Å². The Hall–Kier alpha value is -2.19. The van der Waals surface area contributed by atoms with Crippen molar-refractivity contribution in [3.8, 4) is 17.3 Å². The first kappa shape index (κ1) is 11.3. The molecule has 0 spiro atoms. The van der Waals surface area contributed by atoms with Crippen LogP contribution in [0, 0.1) is 17.1 Å². The molecule has 2 rings (SSSR count). The average Bonchev–Trinajstić information content (AvgIpc) is 2.32. The molecule has 0 aliphatic heterocycles. The molecule has 0 saturated heterocycles. The van der Waals surface area contributed by atoms with Gasteiger partial charge in [-0.15, -0.1) is 0 Å². The number of hydrogen-bond donors (Lipinski definition) is 1. The van der Waals surface area contributed by atoms with Gasteiger partial charge in [0.25, 0.3) is 5.56 Å². The lowest BCUT2D eigenvalue weighted by Gasteiger charge is -2.03. The van der Waals surface area contributed by atoms with Crippen LogP contribution in [0.3, 0.4) is 0 Å². The van der Waals surface area contributed by atoms with Crippen LogP contribution >= 0.6 is 11.6 Å². The van der Waals surface area contributed by atoms with E-state index >= 15 is 0 Å². The molecular formula is C11H5ClFN3O. The van der Waals surface area contributed by atoms with Crippen molar-refractivity contribution >= 4 is 11.6 Å². The van der Waals surface area contributed by atoms with E-state index in [4.69, 9.17) is 16.9 Å². The van der Waals surface area contributed by atoms with E-state index in [1.165, 1.54) is 18.2 Å². The number of hydrogen-bond acceptors (Lipinski definition) is 3. The molecule has 0 unspecified atom stereocenters. The lowest BCUT2D eigenvalue weighted by atomic mass is 10.1. The van der Waals surface area contributed by atoms with E-state index in [1.807, 2.05) is 6.07 Å². The van der Waals surface area contributed by atoms with Crippen LogP contribution < -0.4 is 5.56 Å². The van der Waals surface area contributed by atoms with Gasteiger partial charge in [0.15, 0.2) is 0 Å². The van der Waals surface area contributed by atoms with Crippen LogP contribution in [0.2, 0.25) is 5.02 Å². The molecule has 0 atom stereocenters. The second-order valence-corrected chi connectivity index (χ2v) is 3.64. The second-order valence-electron chi connectivity index (χ2n) is 3.24. The molecule has 0 aliphatic rings. The highest BCUT2D eigenvalue weighted by Gasteiger charge is 2.09. The summed E-state index contributed by atoms with van der Waals surface area (Å²) >= 11 is 5.63. The number of nitriles is 1. The summed E-state index contributed by atoms with van der Waals surface area (Å²) in [6.07, 6.45) is 0. The molecule has 0 radical (unpaired) electrons. The summed E-state index contributed by atoms with van der Waals surface area (Å²) < 4.78 is 13.0. The number of nitrogens with one attached hydrogen (secondary N) is 1. The lowest BCUT2D eigenvalue weighted by Crippen LogP contribution is -2.08. The summed E-state index contributed by atoms with van der Waals surface area (Å²) in [7, 11) is 0. The fraction of sp³-hybridized carbons (Fsp3) is 0. The Morgan fingerprint density at radius 2 is 2.18 bits per heavy atom. The van der Waals surface area contributed by atoms with E-state index in [0.717, 1.165) is 6.07 Å². The SMILES string of the molecule is N#Cc1cc(=O)[nH]nc1-c1ccc(F)c(Cl)c1. The Kier molecular flexibility index (Phi) is 2.90. The van der Waals surface area contributed by atoms with E-state index in [-0.39, 0.29) is 16.3 Å². The minimum absolute atomic E-state index is 0.0700. The normalized spacial score (nSPS) is 9.94. The summed E-state index contributed by atoms with van der Waals surface area (Å²) in [5, 5.41) is 14.8. The van der Waals surface area contributed by atoms with Gasteiger partial charge in [-0.25, -0.2) is 9.49 Å². The molecule has 84 valence electrons. The number of aromatic amines is 1. The van der Waals surface area contributed by atoms with Crippen molar-refractivity contribution in [3.05, 3.63) is 51.0 Å². The Morgan fingerprint density at radius 3 is 2.82 bits per heavy atom. The molecule has 0 aliphatic carbocycles. The van der Waals surface area contributed by atoms with E-state index in [1.54, 1.807) is 0 Å². The summed E-state index contributed by atoms with van der Waals surface area (Å²) in [6.45, 7) is 0. The summed E-state index contributed by atoms with van der Waals surface area (Å²) in [5.74, 6) is -0.557. The maximum atomic E-state index is 13.0. The Morgan fingerprint density at radius 1 is 1.41 bits per heavy atom. The molecule has 1 aromatic carbocycles. The number of rotatable bonds is 1. The molecule has 0 bridgehead atoms. The zero-order chi connectivity index (χ0) is 12.4. The van der Waals surface area contributed by atoms with Crippen LogP contribution in [0.4, 0.5) is 4.39 Å². The molecule has 4 nitrogen and oxygen atoms in total. The van der Waals surface area contributed by atoms with Crippen molar-refractivity contribution in [1.29, 1.82) is 5.26 Å². The zero-order valence-electron chi connectivity index (χ0n) is 8.37. The van der Waals surface area contributed by atoms with Gasteiger partial charge in [0, 0.05) is 11.6 Å². The maximum absolute atomic E-state index is 13.0. The van der Waals surface area contributed by atoms with E-state index in [2.05, 4.69) is 10.2 Å². The molecule has 17 heavy (non-hydrogen) atoms. The molecular weight excluding hydrogens is 245 g/mol. The minimum atomic E-state index is -0.557. The van der Waals surface area contributed by atoms with E-state index < -0.39 is 11.4 Å². The van der Waals surface area contributed by atoms with Crippen molar-refractivity contribution in [2.45, 2.75) is 0 Å². The van der Waals surface area contributed by atoms with Gasteiger partial charge in [0.1, 0.15) is 17.6 Å². The smallest absolute Gasteiger partial charge is 0.265 e. The van der Waals surface area contributed by atoms with Crippen molar-refractivity contribution in [2.24, 2.45) is 0 Å². The van der Waals surface area contributed by atoms with Gasteiger partial charge in [-0.3, -0.25) is 4.79 Å². The summed E-state index contributed by atoms with van der Waals surface area (Å²) in [5.41, 5.74) is 0.355. The van der Waals surface area contributed by atoms with Crippen LogP contribution in [0.1, 0.15) is 5.56 Å². The zero-order valence-corrected chi connectivity index (χ0v) is 9.12. The number of nitrogens with zero attached hydrogens (tertiary/aromatic N) is 2. The van der Waals surface area contributed by atoms with Gasteiger partial charge in [0.05, 0.1) is 10.6 Å². The topological polar surface area (TPSA) is 69.5 Å². The first-order valence-corrected chi connectivity index (χ1v) is 4.95. The Balaban J connectivity index is 2.65. The van der Waals surface area contributed by atoms with Gasteiger partial charge in [-0.05, 0) is 18.2 Å². The molecule has 0 amide bonds. The third-order valence-electron chi connectivity index (χ3n) is 2.12. The van der Waals surface area contributed by atoms with Crippen LogP contribution in [-0.2, 0) is 0 Å². The first-order valence-electron chi connectivity index (χ1n) is 4.57. The highest BCUT2D eigenvalue weighted by Crippen LogP contribution is 2.24. The third-order valence-corrected chi connectivity index (χ3v) is 2.41. The molecule has 0 fully saturated rings. The molecule has 1 N–H and O–H groups in total. The fourth-order valence-electron chi connectivity index (χ4n) is 1.35. The predicted octanol–water partition coefficient (Wildman–Crippen LogP) is 2.10. The molecule has 0 saturated carbocycles. The second kappa shape index (κ2) is 4.36. The van der Waals surface area contributed by atoms with Crippen molar-refractivity contribution in [3.63, 3.8) is 0 Å². The molecule has 2 aromatic rings. The van der Waals surface area contributed by atoms with Gasteiger partial charge < -0.3 is 0 Å². The monoisotopic (exact) mass is 249 g/mol. The summed E-state index contributed by atoms with van der Waals surface area (Å²) in [4.78, 5) is 11.0. The van der Waals surface area contributed by atoms with E-state index in [0.29, 0.717) is 5.56 Å². The van der Waals surface area contributed by atoms with Gasteiger partial charge in [-0.2, -0.15) is 10.4 Å².